The SMILES string of the molecule is CN(C)C(=O)c1ccc(Nc2cccc(Br)c2)c(N)c1. The summed E-state index contributed by atoms with van der Waals surface area (Å²) < 4.78 is 0.987. The maximum atomic E-state index is 11.9. The monoisotopic (exact) mass is 333 g/mol. The number of carbonyl (C=O) groups is 1. The predicted molar refractivity (Wildman–Crippen MR) is 86.3 cm³/mol. The Morgan fingerprint density at radius 2 is 1.95 bits per heavy atom. The van der Waals surface area contributed by atoms with E-state index >= 15 is 0 Å². The lowest BCUT2D eigenvalue weighted by atomic mass is 10.1. The van der Waals surface area contributed by atoms with Crippen LogP contribution in [0.15, 0.2) is 46.9 Å². The molecule has 2 aromatic rings. The number of anilines is 3. The molecule has 20 heavy (non-hydrogen) atoms. The topological polar surface area (TPSA) is 58.4 Å². The van der Waals surface area contributed by atoms with Gasteiger partial charge in [0.2, 0.25) is 0 Å². The van der Waals surface area contributed by atoms with Crippen molar-refractivity contribution in [3.63, 3.8) is 0 Å². The summed E-state index contributed by atoms with van der Waals surface area (Å²) in [5.74, 6) is -0.0642. The fourth-order valence-corrected chi connectivity index (χ4v) is 2.19. The van der Waals surface area contributed by atoms with Crippen molar-refractivity contribution >= 4 is 38.9 Å². The van der Waals surface area contributed by atoms with Crippen LogP contribution < -0.4 is 11.1 Å². The number of nitrogens with one attached hydrogen (secondary N) is 1. The number of hydrogen-bond donors (Lipinski definition) is 2. The van der Waals surface area contributed by atoms with Gasteiger partial charge in [0.05, 0.1) is 11.4 Å². The number of carbonyl (C=O) groups excluding carboxylic acids is 1. The van der Waals surface area contributed by atoms with E-state index in [0.29, 0.717) is 11.3 Å². The highest BCUT2D eigenvalue weighted by atomic mass is 79.9. The van der Waals surface area contributed by atoms with Crippen LogP contribution in [-0.2, 0) is 0 Å². The van der Waals surface area contributed by atoms with Crippen LogP contribution in [0.3, 0.4) is 0 Å². The van der Waals surface area contributed by atoms with E-state index in [1.165, 1.54) is 4.90 Å². The van der Waals surface area contributed by atoms with Crippen LogP contribution in [0.2, 0.25) is 0 Å². The number of nitrogens with zero attached hydrogens (tertiary/aromatic N) is 1. The van der Waals surface area contributed by atoms with E-state index < -0.39 is 0 Å². The van der Waals surface area contributed by atoms with Gasteiger partial charge in [-0.2, -0.15) is 0 Å². The van der Waals surface area contributed by atoms with Gasteiger partial charge in [0.15, 0.2) is 0 Å². The first kappa shape index (κ1) is 14.4. The van der Waals surface area contributed by atoms with Crippen molar-refractivity contribution in [3.8, 4) is 0 Å². The Labute approximate surface area is 126 Å². The normalized spacial score (nSPS) is 10.2. The minimum Gasteiger partial charge on any atom is -0.397 e. The zero-order valence-electron chi connectivity index (χ0n) is 11.4. The van der Waals surface area contributed by atoms with Gasteiger partial charge in [-0.15, -0.1) is 0 Å². The average molecular weight is 334 g/mol. The van der Waals surface area contributed by atoms with Crippen LogP contribution in [0, 0.1) is 0 Å². The van der Waals surface area contributed by atoms with Gasteiger partial charge >= 0.3 is 0 Å². The molecule has 0 heterocycles. The maximum absolute atomic E-state index is 11.9. The molecule has 0 atom stereocenters. The Hall–Kier alpha value is -2.01. The Morgan fingerprint density at radius 3 is 2.55 bits per heavy atom. The van der Waals surface area contributed by atoms with Crippen molar-refractivity contribution in [2.75, 3.05) is 25.1 Å². The summed E-state index contributed by atoms with van der Waals surface area (Å²) in [7, 11) is 3.43. The average Bonchev–Trinajstić information content (AvgIpc) is 2.40. The lowest BCUT2D eigenvalue weighted by Crippen LogP contribution is -2.21. The second-order valence-corrected chi connectivity index (χ2v) is 5.55. The molecule has 0 spiro atoms. The Kier molecular flexibility index (Phi) is 4.29. The van der Waals surface area contributed by atoms with Crippen LogP contribution in [0.4, 0.5) is 17.1 Å². The highest BCUT2D eigenvalue weighted by Gasteiger charge is 2.10. The molecular weight excluding hydrogens is 318 g/mol. The third kappa shape index (κ3) is 3.30. The molecule has 0 saturated carbocycles. The number of halogens is 1. The van der Waals surface area contributed by atoms with Crippen LogP contribution in [0.25, 0.3) is 0 Å². The van der Waals surface area contributed by atoms with Crippen molar-refractivity contribution in [3.05, 3.63) is 52.5 Å². The molecule has 3 N–H and O–H groups in total. The minimum atomic E-state index is -0.0642. The second-order valence-electron chi connectivity index (χ2n) is 4.64. The first-order valence-electron chi connectivity index (χ1n) is 6.11. The fraction of sp³-hybridized carbons (Fsp3) is 0.133. The highest BCUT2D eigenvalue weighted by molar-refractivity contribution is 9.10. The van der Waals surface area contributed by atoms with Crippen molar-refractivity contribution in [1.29, 1.82) is 0 Å². The number of amides is 1. The van der Waals surface area contributed by atoms with Crippen LogP contribution in [0.1, 0.15) is 10.4 Å². The summed E-state index contributed by atoms with van der Waals surface area (Å²) in [5.41, 5.74) is 8.82. The highest BCUT2D eigenvalue weighted by Crippen LogP contribution is 2.26. The van der Waals surface area contributed by atoms with Gasteiger partial charge in [-0.05, 0) is 36.4 Å². The maximum Gasteiger partial charge on any atom is 0.253 e. The summed E-state index contributed by atoms with van der Waals surface area (Å²) in [6.45, 7) is 0. The predicted octanol–water partition coefficient (Wildman–Crippen LogP) is 3.48. The van der Waals surface area contributed by atoms with Crippen LogP contribution in [-0.4, -0.2) is 24.9 Å². The van der Waals surface area contributed by atoms with Gasteiger partial charge in [0.1, 0.15) is 0 Å². The molecule has 104 valence electrons. The van der Waals surface area contributed by atoms with Crippen LogP contribution in [0.5, 0.6) is 0 Å². The summed E-state index contributed by atoms with van der Waals surface area (Å²) in [4.78, 5) is 13.4. The fourth-order valence-electron chi connectivity index (χ4n) is 1.79. The van der Waals surface area contributed by atoms with E-state index in [1.54, 1.807) is 26.2 Å². The molecule has 0 bridgehead atoms. The molecule has 0 saturated heterocycles. The van der Waals surface area contributed by atoms with Gasteiger partial charge in [-0.3, -0.25) is 4.79 Å². The number of hydrogen-bond acceptors (Lipinski definition) is 3. The lowest BCUT2D eigenvalue weighted by molar-refractivity contribution is 0.0827. The summed E-state index contributed by atoms with van der Waals surface area (Å²) in [6, 6.07) is 13.1. The number of nitrogens with two attached hydrogens (primary N) is 1. The summed E-state index contributed by atoms with van der Waals surface area (Å²) in [5, 5.41) is 3.23. The first-order valence-corrected chi connectivity index (χ1v) is 6.90. The molecule has 2 aromatic carbocycles. The van der Waals surface area contributed by atoms with Crippen molar-refractivity contribution in [2.45, 2.75) is 0 Å². The third-order valence-corrected chi connectivity index (χ3v) is 3.30. The van der Waals surface area contributed by atoms with Crippen molar-refractivity contribution < 1.29 is 4.79 Å². The molecule has 2 rings (SSSR count). The minimum absolute atomic E-state index is 0.0642. The molecular formula is C15H16BrN3O. The molecule has 4 nitrogen and oxygen atoms in total. The van der Waals surface area contributed by atoms with Gasteiger partial charge in [0, 0.05) is 29.8 Å². The molecule has 0 radical (unpaired) electrons. The number of rotatable bonds is 3. The quantitative estimate of drug-likeness (QED) is 0.845. The molecule has 0 fully saturated rings. The zero-order chi connectivity index (χ0) is 14.7. The standard InChI is InChI=1S/C15H16BrN3O/c1-19(2)15(20)10-6-7-14(13(17)8-10)18-12-5-3-4-11(16)9-12/h3-9,18H,17H2,1-2H3. The van der Waals surface area contributed by atoms with E-state index in [2.05, 4.69) is 21.2 Å². The van der Waals surface area contributed by atoms with E-state index in [1.807, 2.05) is 30.3 Å². The van der Waals surface area contributed by atoms with Gasteiger partial charge in [-0.25, -0.2) is 0 Å². The Morgan fingerprint density at radius 1 is 1.20 bits per heavy atom. The van der Waals surface area contributed by atoms with Crippen molar-refractivity contribution in [2.24, 2.45) is 0 Å². The van der Waals surface area contributed by atoms with E-state index in [9.17, 15) is 4.79 Å². The molecule has 0 aliphatic heterocycles. The summed E-state index contributed by atoms with van der Waals surface area (Å²) in [6.07, 6.45) is 0. The molecule has 0 aliphatic rings. The van der Waals surface area contributed by atoms with Crippen molar-refractivity contribution in [1.82, 2.24) is 4.90 Å². The van der Waals surface area contributed by atoms with Gasteiger partial charge < -0.3 is 16.0 Å². The van der Waals surface area contributed by atoms with Crippen LogP contribution >= 0.6 is 15.9 Å². The molecule has 1 amide bonds. The van der Waals surface area contributed by atoms with Gasteiger partial charge in [0.25, 0.3) is 5.91 Å². The molecule has 0 aliphatic carbocycles. The lowest BCUT2D eigenvalue weighted by Gasteiger charge is -2.13. The molecule has 5 heteroatoms. The van der Waals surface area contributed by atoms with Gasteiger partial charge in [-0.1, -0.05) is 22.0 Å². The third-order valence-electron chi connectivity index (χ3n) is 2.81. The van der Waals surface area contributed by atoms with E-state index in [0.717, 1.165) is 15.8 Å². The second kappa shape index (κ2) is 5.96. The van der Waals surface area contributed by atoms with E-state index in [-0.39, 0.29) is 5.91 Å². The first-order chi connectivity index (χ1) is 9.47. The Bertz CT molecular complexity index is 641. The molecule has 0 unspecified atom stereocenters. The number of benzene rings is 2. The zero-order valence-corrected chi connectivity index (χ0v) is 12.9. The largest absolute Gasteiger partial charge is 0.397 e. The summed E-state index contributed by atoms with van der Waals surface area (Å²) >= 11 is 3.42. The smallest absolute Gasteiger partial charge is 0.253 e. The molecule has 0 aromatic heterocycles. The van der Waals surface area contributed by atoms with E-state index in [4.69, 9.17) is 5.73 Å². The number of nitrogen functional groups attached to an aromatic ring is 1. The Balaban J connectivity index is 2.24.